The monoisotopic (exact) mass is 291 g/mol. The van der Waals surface area contributed by atoms with Crippen LogP contribution in [0.1, 0.15) is 18.4 Å². The van der Waals surface area contributed by atoms with Gasteiger partial charge in [0.1, 0.15) is 0 Å². The second-order valence-electron chi connectivity index (χ2n) is 6.17. The van der Waals surface area contributed by atoms with Crippen molar-refractivity contribution in [2.24, 2.45) is 17.8 Å². The highest BCUT2D eigenvalue weighted by Gasteiger charge is 2.35. The van der Waals surface area contributed by atoms with E-state index in [2.05, 4.69) is 17.5 Å². The van der Waals surface area contributed by atoms with Crippen LogP contribution in [0.15, 0.2) is 35.2 Å². The van der Waals surface area contributed by atoms with Crippen molar-refractivity contribution in [3.8, 4) is 0 Å². The molecule has 3 nitrogen and oxygen atoms in total. The summed E-state index contributed by atoms with van der Waals surface area (Å²) in [4.78, 5) is 0.387. The van der Waals surface area contributed by atoms with Gasteiger partial charge in [0.2, 0.25) is 0 Å². The Morgan fingerprint density at radius 1 is 1.25 bits per heavy atom. The van der Waals surface area contributed by atoms with Crippen LogP contribution in [0.25, 0.3) is 0 Å². The first-order valence-corrected chi connectivity index (χ1v) is 9.05. The first-order chi connectivity index (χ1) is 9.43. The smallest absolute Gasteiger partial charge is 0.175 e. The molecule has 20 heavy (non-hydrogen) atoms. The molecule has 3 rings (SSSR count). The third kappa shape index (κ3) is 2.62. The second-order valence-corrected chi connectivity index (χ2v) is 8.19. The van der Waals surface area contributed by atoms with Crippen molar-refractivity contribution in [1.29, 1.82) is 0 Å². The van der Waals surface area contributed by atoms with Crippen LogP contribution in [0.4, 0.5) is 5.69 Å². The summed E-state index contributed by atoms with van der Waals surface area (Å²) in [6, 6.07) is 5.31. The zero-order valence-electron chi connectivity index (χ0n) is 12.0. The molecule has 3 unspecified atom stereocenters. The van der Waals surface area contributed by atoms with Crippen LogP contribution < -0.4 is 5.32 Å². The molecule has 1 aromatic carbocycles. The fourth-order valence-electron chi connectivity index (χ4n) is 3.39. The van der Waals surface area contributed by atoms with E-state index < -0.39 is 9.84 Å². The van der Waals surface area contributed by atoms with Gasteiger partial charge in [-0.15, -0.1) is 0 Å². The average Bonchev–Trinajstić information content (AvgIpc) is 2.98. The van der Waals surface area contributed by atoms with Gasteiger partial charge in [0.25, 0.3) is 0 Å². The van der Waals surface area contributed by atoms with E-state index in [9.17, 15) is 8.42 Å². The highest BCUT2D eigenvalue weighted by atomic mass is 32.2. The summed E-state index contributed by atoms with van der Waals surface area (Å²) < 4.78 is 23.2. The van der Waals surface area contributed by atoms with Gasteiger partial charge >= 0.3 is 0 Å². The van der Waals surface area contributed by atoms with Gasteiger partial charge in [-0.25, -0.2) is 8.42 Å². The zero-order valence-corrected chi connectivity index (χ0v) is 12.8. The van der Waals surface area contributed by atoms with Crippen molar-refractivity contribution in [2.45, 2.75) is 24.7 Å². The number of anilines is 1. The number of nitrogens with one attached hydrogen (secondary N) is 1. The van der Waals surface area contributed by atoms with E-state index in [1.165, 1.54) is 19.1 Å². The number of rotatable bonds is 4. The van der Waals surface area contributed by atoms with Crippen LogP contribution in [0, 0.1) is 24.7 Å². The highest BCUT2D eigenvalue weighted by molar-refractivity contribution is 7.90. The quantitative estimate of drug-likeness (QED) is 0.867. The summed E-state index contributed by atoms with van der Waals surface area (Å²) in [5.41, 5.74) is 2.04. The number of aryl methyl sites for hydroxylation is 1. The summed E-state index contributed by atoms with van der Waals surface area (Å²) >= 11 is 0. The molecule has 0 aliphatic heterocycles. The number of sulfone groups is 1. The van der Waals surface area contributed by atoms with E-state index in [1.54, 1.807) is 12.1 Å². The maximum Gasteiger partial charge on any atom is 0.175 e. The van der Waals surface area contributed by atoms with Crippen molar-refractivity contribution in [3.63, 3.8) is 0 Å². The molecule has 108 valence electrons. The van der Waals surface area contributed by atoms with Gasteiger partial charge in [-0.05, 0) is 55.2 Å². The highest BCUT2D eigenvalue weighted by Crippen LogP contribution is 2.43. The van der Waals surface area contributed by atoms with E-state index in [1.807, 2.05) is 13.0 Å². The van der Waals surface area contributed by atoms with E-state index in [0.717, 1.165) is 23.7 Å². The lowest BCUT2D eigenvalue weighted by atomic mass is 9.93. The Bertz CT molecular complexity index is 648. The van der Waals surface area contributed by atoms with Crippen LogP contribution in [0.2, 0.25) is 0 Å². The molecular weight excluding hydrogens is 270 g/mol. The molecule has 0 heterocycles. The van der Waals surface area contributed by atoms with Gasteiger partial charge in [0.15, 0.2) is 9.84 Å². The Kier molecular flexibility index (Phi) is 3.36. The van der Waals surface area contributed by atoms with Gasteiger partial charge in [-0.1, -0.05) is 18.2 Å². The first-order valence-electron chi connectivity index (χ1n) is 7.16. The van der Waals surface area contributed by atoms with E-state index in [-0.39, 0.29) is 0 Å². The fraction of sp³-hybridized carbons (Fsp3) is 0.500. The molecule has 1 aromatic rings. The van der Waals surface area contributed by atoms with Gasteiger partial charge in [0, 0.05) is 18.5 Å². The predicted octanol–water partition coefficient (Wildman–Crippen LogP) is 3.02. The van der Waals surface area contributed by atoms with Gasteiger partial charge in [0.05, 0.1) is 4.90 Å². The molecule has 1 fully saturated rings. The van der Waals surface area contributed by atoms with Crippen molar-refractivity contribution >= 4 is 15.5 Å². The van der Waals surface area contributed by atoms with Crippen molar-refractivity contribution in [1.82, 2.24) is 0 Å². The average molecular weight is 291 g/mol. The number of benzene rings is 1. The lowest BCUT2D eigenvalue weighted by molar-refractivity contribution is 0.472. The molecule has 1 saturated carbocycles. The standard InChI is InChI=1S/C16H21NO2S/c1-11-3-6-15(20(2,18)19)9-16(11)17-10-14-8-12-4-5-13(14)7-12/h3-6,9,12-14,17H,7-8,10H2,1-2H3. The van der Waals surface area contributed by atoms with Crippen LogP contribution in [0.3, 0.4) is 0 Å². The largest absolute Gasteiger partial charge is 0.384 e. The summed E-state index contributed by atoms with van der Waals surface area (Å²) in [5, 5.41) is 3.45. The molecule has 0 amide bonds. The second kappa shape index (κ2) is 4.92. The number of allylic oxidation sites excluding steroid dienone is 2. The predicted molar refractivity (Wildman–Crippen MR) is 81.6 cm³/mol. The molecule has 1 N–H and O–H groups in total. The maximum atomic E-state index is 11.6. The Morgan fingerprint density at radius 2 is 2.05 bits per heavy atom. The first kappa shape index (κ1) is 13.7. The van der Waals surface area contributed by atoms with Gasteiger partial charge in [-0.3, -0.25) is 0 Å². The Hall–Kier alpha value is -1.29. The molecule has 0 spiro atoms. The lowest BCUT2D eigenvalue weighted by Crippen LogP contribution is -2.18. The maximum absolute atomic E-state index is 11.6. The lowest BCUT2D eigenvalue weighted by Gasteiger charge is -2.20. The zero-order chi connectivity index (χ0) is 14.3. The number of hydrogen-bond acceptors (Lipinski definition) is 3. The topological polar surface area (TPSA) is 46.2 Å². The third-order valence-corrected chi connectivity index (χ3v) is 5.72. The molecule has 0 saturated heterocycles. The Balaban J connectivity index is 1.72. The summed E-state index contributed by atoms with van der Waals surface area (Å²) in [5.74, 6) is 2.17. The van der Waals surface area contributed by atoms with Crippen LogP contribution >= 0.6 is 0 Å². The van der Waals surface area contributed by atoms with Gasteiger partial charge in [-0.2, -0.15) is 0 Å². The van der Waals surface area contributed by atoms with E-state index >= 15 is 0 Å². The minimum atomic E-state index is -3.14. The molecule has 4 heteroatoms. The molecule has 2 aliphatic carbocycles. The fourth-order valence-corrected chi connectivity index (χ4v) is 4.04. The van der Waals surface area contributed by atoms with Gasteiger partial charge < -0.3 is 5.32 Å². The van der Waals surface area contributed by atoms with Crippen LogP contribution in [-0.2, 0) is 9.84 Å². The summed E-state index contributed by atoms with van der Waals surface area (Å²) in [6.07, 6.45) is 8.51. The summed E-state index contributed by atoms with van der Waals surface area (Å²) in [7, 11) is -3.14. The Labute approximate surface area is 121 Å². The summed E-state index contributed by atoms with van der Waals surface area (Å²) in [6.45, 7) is 2.94. The van der Waals surface area contributed by atoms with Crippen LogP contribution in [0.5, 0.6) is 0 Å². The van der Waals surface area contributed by atoms with E-state index in [0.29, 0.717) is 16.7 Å². The third-order valence-electron chi connectivity index (χ3n) is 4.61. The van der Waals surface area contributed by atoms with E-state index in [4.69, 9.17) is 0 Å². The molecule has 3 atom stereocenters. The van der Waals surface area contributed by atoms with Crippen LogP contribution in [-0.4, -0.2) is 21.2 Å². The minimum absolute atomic E-state index is 0.387. The Morgan fingerprint density at radius 3 is 2.65 bits per heavy atom. The SMILES string of the molecule is Cc1ccc(S(C)(=O)=O)cc1NCC1CC2C=CC1C2. The minimum Gasteiger partial charge on any atom is -0.384 e. The van der Waals surface area contributed by atoms with Crippen molar-refractivity contribution < 1.29 is 8.42 Å². The number of fused-ring (bicyclic) bond motifs is 2. The molecule has 0 radical (unpaired) electrons. The molecule has 2 bridgehead atoms. The van der Waals surface area contributed by atoms with Crippen molar-refractivity contribution in [2.75, 3.05) is 18.1 Å². The molecule has 0 aromatic heterocycles. The normalized spacial score (nSPS) is 28.0. The number of hydrogen-bond donors (Lipinski definition) is 1. The molecular formula is C16H21NO2S. The van der Waals surface area contributed by atoms with Crippen molar-refractivity contribution in [3.05, 3.63) is 35.9 Å². The molecule has 2 aliphatic rings.